The number of nitrogens with zero attached hydrogens (tertiary/aromatic N) is 2. The number of hydrogen-bond donors (Lipinski definition) is 0. The van der Waals surface area contributed by atoms with Crippen LogP contribution in [-0.4, -0.2) is 36.1 Å². The molecule has 1 aromatic carbocycles. The third-order valence-electron chi connectivity index (χ3n) is 6.51. The number of ether oxygens (including phenoxy) is 2. The van der Waals surface area contributed by atoms with Crippen LogP contribution < -0.4 is 4.90 Å². The molecule has 3 aliphatic heterocycles. The van der Waals surface area contributed by atoms with E-state index in [4.69, 9.17) is 14.7 Å². The number of imide groups is 1. The Hall–Kier alpha value is -2.93. The van der Waals surface area contributed by atoms with Crippen molar-refractivity contribution in [3.05, 3.63) is 29.3 Å². The standard InChI is InChI=1S/C20H17F3N2O5/c1-18-7-12(17(28)29-3)19(2,30-18)14-13(18)15(26)25(16(14)27)10-5-4-9(8-24)11(6-10)20(21,22)23/h4-6,12-14H,7H2,1-3H3/t12-,13+,14-,18+,19-/m1/s1. The Balaban J connectivity index is 1.79. The predicted octanol–water partition coefficient (Wildman–Crippen LogP) is 2.42. The van der Waals surface area contributed by atoms with Crippen molar-refractivity contribution in [3.8, 4) is 6.07 Å². The maximum Gasteiger partial charge on any atom is 0.417 e. The number of rotatable bonds is 2. The van der Waals surface area contributed by atoms with Crippen LogP contribution in [0.4, 0.5) is 18.9 Å². The second-order valence-corrected chi connectivity index (χ2v) is 8.19. The van der Waals surface area contributed by atoms with Crippen LogP contribution in [0.2, 0.25) is 0 Å². The molecule has 3 saturated heterocycles. The number of amides is 2. The first-order valence-corrected chi connectivity index (χ1v) is 9.16. The van der Waals surface area contributed by atoms with Gasteiger partial charge in [-0.3, -0.25) is 14.4 Å². The zero-order chi connectivity index (χ0) is 22.2. The van der Waals surface area contributed by atoms with Crippen LogP contribution in [0.5, 0.6) is 0 Å². The van der Waals surface area contributed by atoms with Crippen molar-refractivity contribution in [2.45, 2.75) is 37.6 Å². The molecular weight excluding hydrogens is 405 g/mol. The van der Waals surface area contributed by atoms with Crippen molar-refractivity contribution < 1.29 is 37.0 Å². The minimum absolute atomic E-state index is 0.158. The molecule has 0 radical (unpaired) electrons. The Kier molecular flexibility index (Phi) is 4.10. The summed E-state index contributed by atoms with van der Waals surface area (Å²) >= 11 is 0. The molecule has 158 valence electrons. The fourth-order valence-corrected chi connectivity index (χ4v) is 5.27. The summed E-state index contributed by atoms with van der Waals surface area (Å²) in [5.74, 6) is -4.73. The van der Waals surface area contributed by atoms with Gasteiger partial charge < -0.3 is 9.47 Å². The fraction of sp³-hybridized carbons (Fsp3) is 0.500. The molecule has 0 aliphatic carbocycles. The highest BCUT2D eigenvalue weighted by Gasteiger charge is 2.77. The lowest BCUT2D eigenvalue weighted by atomic mass is 9.64. The number of hydrogen-bond acceptors (Lipinski definition) is 6. The summed E-state index contributed by atoms with van der Waals surface area (Å²) in [5.41, 5.74) is -4.55. The summed E-state index contributed by atoms with van der Waals surface area (Å²) in [6.45, 7) is 3.17. The summed E-state index contributed by atoms with van der Waals surface area (Å²) in [7, 11) is 1.21. The van der Waals surface area contributed by atoms with Gasteiger partial charge in [0.15, 0.2) is 0 Å². The smallest absolute Gasteiger partial charge is 0.417 e. The Labute approximate surface area is 169 Å². The zero-order valence-electron chi connectivity index (χ0n) is 16.2. The molecule has 0 spiro atoms. The second kappa shape index (κ2) is 6.04. The Bertz CT molecular complexity index is 1030. The number of carbonyl (C=O) groups excluding carboxylic acids is 3. The van der Waals surface area contributed by atoms with Crippen LogP contribution in [-0.2, 0) is 30.0 Å². The molecule has 30 heavy (non-hydrogen) atoms. The lowest BCUT2D eigenvalue weighted by Gasteiger charge is -2.33. The van der Waals surface area contributed by atoms with Gasteiger partial charge in [-0.05, 0) is 38.5 Å². The van der Waals surface area contributed by atoms with E-state index >= 15 is 0 Å². The van der Waals surface area contributed by atoms with Gasteiger partial charge in [-0.15, -0.1) is 0 Å². The maximum absolute atomic E-state index is 13.4. The van der Waals surface area contributed by atoms with E-state index in [2.05, 4.69) is 0 Å². The molecule has 0 aromatic heterocycles. The third kappa shape index (κ3) is 2.45. The van der Waals surface area contributed by atoms with Crippen molar-refractivity contribution in [1.82, 2.24) is 0 Å². The highest BCUT2D eigenvalue weighted by molar-refractivity contribution is 6.23. The SMILES string of the molecule is COC(=O)[C@H]1C[C@]2(C)O[C@@]1(C)[C@H]1C(=O)N(c3ccc(C#N)c(C(F)(F)F)c3)C(=O)[C@H]12. The van der Waals surface area contributed by atoms with Gasteiger partial charge >= 0.3 is 12.1 Å². The molecule has 0 unspecified atom stereocenters. The van der Waals surface area contributed by atoms with Crippen LogP contribution in [0.1, 0.15) is 31.4 Å². The van der Waals surface area contributed by atoms with Gasteiger partial charge in [-0.25, -0.2) is 4.90 Å². The van der Waals surface area contributed by atoms with E-state index in [1.165, 1.54) is 13.2 Å². The van der Waals surface area contributed by atoms with Gasteiger partial charge in [-0.2, -0.15) is 18.4 Å². The third-order valence-corrected chi connectivity index (χ3v) is 6.51. The van der Waals surface area contributed by atoms with Gasteiger partial charge in [0.05, 0.1) is 58.9 Å². The van der Waals surface area contributed by atoms with Gasteiger partial charge in [0, 0.05) is 0 Å². The average molecular weight is 422 g/mol. The first-order chi connectivity index (χ1) is 13.9. The van der Waals surface area contributed by atoms with Gasteiger partial charge in [0.25, 0.3) is 0 Å². The number of esters is 1. The van der Waals surface area contributed by atoms with E-state index in [0.29, 0.717) is 11.0 Å². The number of benzene rings is 1. The minimum atomic E-state index is -4.83. The highest BCUT2D eigenvalue weighted by Crippen LogP contribution is 2.63. The zero-order valence-corrected chi connectivity index (χ0v) is 16.2. The monoisotopic (exact) mass is 422 g/mol. The van der Waals surface area contributed by atoms with Crippen molar-refractivity contribution >= 4 is 23.5 Å². The lowest BCUT2D eigenvalue weighted by molar-refractivity contribution is -0.154. The minimum Gasteiger partial charge on any atom is -0.469 e. The van der Waals surface area contributed by atoms with E-state index in [9.17, 15) is 27.6 Å². The lowest BCUT2D eigenvalue weighted by Crippen LogP contribution is -2.49. The fourth-order valence-electron chi connectivity index (χ4n) is 5.27. The maximum atomic E-state index is 13.4. The summed E-state index contributed by atoms with van der Waals surface area (Å²) in [4.78, 5) is 39.3. The normalized spacial score (nSPS) is 34.8. The molecular formula is C20H17F3N2O5. The number of methoxy groups -OCH3 is 1. The van der Waals surface area contributed by atoms with Crippen molar-refractivity contribution in [1.29, 1.82) is 5.26 Å². The number of halogens is 3. The molecule has 0 N–H and O–H groups in total. The number of nitriles is 1. The molecule has 2 bridgehead atoms. The molecule has 3 aliphatic rings. The van der Waals surface area contributed by atoms with E-state index in [1.807, 2.05) is 0 Å². The summed E-state index contributed by atoms with van der Waals surface area (Å²) in [5, 5.41) is 8.97. The van der Waals surface area contributed by atoms with Gasteiger partial charge in [0.1, 0.15) is 0 Å². The van der Waals surface area contributed by atoms with Gasteiger partial charge in [-0.1, -0.05) is 0 Å². The van der Waals surface area contributed by atoms with E-state index in [1.54, 1.807) is 13.8 Å². The van der Waals surface area contributed by atoms with Crippen LogP contribution >= 0.6 is 0 Å². The van der Waals surface area contributed by atoms with Crippen LogP contribution in [0.15, 0.2) is 18.2 Å². The summed E-state index contributed by atoms with van der Waals surface area (Å²) in [6, 6.07) is 4.15. The Morgan fingerprint density at radius 1 is 1.27 bits per heavy atom. The molecule has 10 heteroatoms. The van der Waals surface area contributed by atoms with E-state index < -0.39 is 64.0 Å². The van der Waals surface area contributed by atoms with Crippen molar-refractivity contribution in [3.63, 3.8) is 0 Å². The Morgan fingerprint density at radius 2 is 1.90 bits per heavy atom. The van der Waals surface area contributed by atoms with E-state index in [0.717, 1.165) is 12.1 Å². The Morgan fingerprint density at radius 3 is 2.47 bits per heavy atom. The highest BCUT2D eigenvalue weighted by atomic mass is 19.4. The van der Waals surface area contributed by atoms with Crippen LogP contribution in [0.25, 0.3) is 0 Å². The topological polar surface area (TPSA) is 96.7 Å². The van der Waals surface area contributed by atoms with Gasteiger partial charge in [0.2, 0.25) is 11.8 Å². The summed E-state index contributed by atoms with van der Waals surface area (Å²) in [6.07, 6.45) is -4.68. The largest absolute Gasteiger partial charge is 0.469 e. The first-order valence-electron chi connectivity index (χ1n) is 9.16. The van der Waals surface area contributed by atoms with Crippen LogP contribution in [0.3, 0.4) is 0 Å². The van der Waals surface area contributed by atoms with Crippen LogP contribution in [0, 0.1) is 29.1 Å². The van der Waals surface area contributed by atoms with Crippen molar-refractivity contribution in [2.24, 2.45) is 17.8 Å². The molecule has 2 amide bonds. The number of fused-ring (bicyclic) bond motifs is 5. The molecule has 4 rings (SSSR count). The molecule has 0 saturated carbocycles. The number of alkyl halides is 3. The first kappa shape index (κ1) is 20.3. The quantitative estimate of drug-likeness (QED) is 0.537. The molecule has 3 fully saturated rings. The molecule has 7 nitrogen and oxygen atoms in total. The second-order valence-electron chi connectivity index (χ2n) is 8.19. The molecule has 3 heterocycles. The van der Waals surface area contributed by atoms with Crippen molar-refractivity contribution in [2.75, 3.05) is 12.0 Å². The number of carbonyl (C=O) groups is 3. The molecule has 1 aromatic rings. The number of anilines is 1. The van der Waals surface area contributed by atoms with E-state index in [-0.39, 0.29) is 12.1 Å². The molecule has 5 atom stereocenters. The average Bonchev–Trinajstić information content (AvgIpc) is 3.21. The summed E-state index contributed by atoms with van der Waals surface area (Å²) < 4.78 is 50.9. The predicted molar refractivity (Wildman–Crippen MR) is 93.7 cm³/mol.